The van der Waals surface area contributed by atoms with Gasteiger partial charge < -0.3 is 9.47 Å². The van der Waals surface area contributed by atoms with Crippen LogP contribution >= 0.6 is 0 Å². The molecule has 7 heteroatoms. The molecule has 0 bridgehead atoms. The van der Waals surface area contributed by atoms with Crippen molar-refractivity contribution in [1.29, 1.82) is 0 Å². The lowest BCUT2D eigenvalue weighted by atomic mass is 9.78. The maximum absolute atomic E-state index is 11.7. The Kier molecular flexibility index (Phi) is 4.88. The number of piperazine rings is 1. The van der Waals surface area contributed by atoms with E-state index in [0.29, 0.717) is 36.0 Å². The molecule has 3 fully saturated rings. The van der Waals surface area contributed by atoms with Crippen molar-refractivity contribution in [2.24, 2.45) is 5.92 Å². The van der Waals surface area contributed by atoms with Crippen LogP contribution < -0.4 is 9.47 Å². The molecule has 0 unspecified atom stereocenters. The summed E-state index contributed by atoms with van der Waals surface area (Å²) in [6, 6.07) is 4.50. The minimum absolute atomic E-state index is 0.140. The first-order valence-electron chi connectivity index (χ1n) is 10.8. The summed E-state index contributed by atoms with van der Waals surface area (Å²) >= 11 is 0. The highest BCUT2D eigenvalue weighted by molar-refractivity contribution is 5.55. The predicted molar refractivity (Wildman–Crippen MR) is 105 cm³/mol. The lowest BCUT2D eigenvalue weighted by Gasteiger charge is -2.49. The van der Waals surface area contributed by atoms with E-state index in [4.69, 9.17) is 9.47 Å². The molecule has 152 valence electrons. The molecule has 3 heterocycles. The van der Waals surface area contributed by atoms with E-state index in [0.717, 1.165) is 18.7 Å². The smallest absolute Gasteiger partial charge is 0.277 e. The maximum Gasteiger partial charge on any atom is 0.277 e. The zero-order valence-corrected chi connectivity index (χ0v) is 16.3. The number of rotatable bonds is 4. The third kappa shape index (κ3) is 3.24. The van der Waals surface area contributed by atoms with Crippen molar-refractivity contribution in [1.82, 2.24) is 9.80 Å². The molecule has 0 spiro atoms. The average Bonchev–Trinajstić information content (AvgIpc) is 3.36. The lowest BCUT2D eigenvalue weighted by Crippen LogP contribution is -2.59. The second-order valence-corrected chi connectivity index (χ2v) is 8.70. The summed E-state index contributed by atoms with van der Waals surface area (Å²) in [6.07, 6.45) is 9.15. The highest BCUT2D eigenvalue weighted by Gasteiger charge is 2.43. The molecule has 0 aromatic heterocycles. The standard InChI is InChI=1S/C21H29N3O4/c25-24(26)18-12-20-19(27-14-28-20)11-16(18)13-23-10-9-22-8-4-7-17(22)21(23)15-5-2-1-3-6-15/h11-12,15,17,21H,1-10,13-14H2/t17-,21-/m1/s1. The van der Waals surface area contributed by atoms with Crippen molar-refractivity contribution in [2.75, 3.05) is 26.4 Å². The van der Waals surface area contributed by atoms with Crippen LogP contribution in [0.1, 0.15) is 50.5 Å². The SMILES string of the molecule is O=[N+]([O-])c1cc2c(cc1CN1CCN3CCC[C@@H]3[C@H]1C1CCCCC1)OCO2. The van der Waals surface area contributed by atoms with Gasteiger partial charge in [0.2, 0.25) is 6.79 Å². The van der Waals surface area contributed by atoms with Crippen LogP contribution in [0, 0.1) is 16.0 Å². The van der Waals surface area contributed by atoms with Crippen LogP contribution in [0.4, 0.5) is 5.69 Å². The minimum atomic E-state index is -0.279. The highest BCUT2D eigenvalue weighted by Crippen LogP contribution is 2.41. The van der Waals surface area contributed by atoms with Crippen LogP contribution in [0.3, 0.4) is 0 Å². The van der Waals surface area contributed by atoms with E-state index >= 15 is 0 Å². The Bertz CT molecular complexity index is 749. The molecule has 1 aliphatic carbocycles. The maximum atomic E-state index is 11.7. The van der Waals surface area contributed by atoms with Gasteiger partial charge in [-0.05, 0) is 44.2 Å². The van der Waals surface area contributed by atoms with Crippen molar-refractivity contribution >= 4 is 5.69 Å². The average molecular weight is 387 g/mol. The first-order chi connectivity index (χ1) is 13.7. The van der Waals surface area contributed by atoms with Crippen LogP contribution in [-0.2, 0) is 6.54 Å². The number of fused-ring (bicyclic) bond motifs is 2. The molecular formula is C21H29N3O4. The third-order valence-electron chi connectivity index (χ3n) is 7.18. The fourth-order valence-electron chi connectivity index (χ4n) is 5.93. The molecular weight excluding hydrogens is 358 g/mol. The van der Waals surface area contributed by atoms with E-state index in [1.807, 2.05) is 6.07 Å². The summed E-state index contributed by atoms with van der Waals surface area (Å²) in [5.74, 6) is 1.84. The first kappa shape index (κ1) is 18.2. The Balaban J connectivity index is 1.45. The van der Waals surface area contributed by atoms with E-state index in [2.05, 4.69) is 9.80 Å². The van der Waals surface area contributed by atoms with Gasteiger partial charge in [-0.2, -0.15) is 0 Å². The molecule has 0 radical (unpaired) electrons. The first-order valence-corrected chi connectivity index (χ1v) is 10.8. The van der Waals surface area contributed by atoms with Gasteiger partial charge in [0.05, 0.1) is 11.0 Å². The summed E-state index contributed by atoms with van der Waals surface area (Å²) in [7, 11) is 0. The van der Waals surface area contributed by atoms with Gasteiger partial charge in [0.25, 0.3) is 5.69 Å². The molecule has 1 aromatic carbocycles. The molecule has 4 aliphatic rings. The molecule has 1 saturated carbocycles. The van der Waals surface area contributed by atoms with E-state index in [1.165, 1.54) is 51.5 Å². The summed E-state index contributed by atoms with van der Waals surface area (Å²) in [5, 5.41) is 11.7. The van der Waals surface area contributed by atoms with Crippen LogP contribution in [0.5, 0.6) is 11.5 Å². The second-order valence-electron chi connectivity index (χ2n) is 8.70. The largest absolute Gasteiger partial charge is 0.454 e. The van der Waals surface area contributed by atoms with Crippen LogP contribution in [0.15, 0.2) is 12.1 Å². The fraction of sp³-hybridized carbons (Fsp3) is 0.714. The van der Waals surface area contributed by atoms with E-state index in [-0.39, 0.29) is 17.4 Å². The Hall–Kier alpha value is -1.86. The normalized spacial score (nSPS) is 28.4. The second kappa shape index (κ2) is 7.52. The van der Waals surface area contributed by atoms with E-state index < -0.39 is 0 Å². The molecule has 28 heavy (non-hydrogen) atoms. The molecule has 1 aromatic rings. The quantitative estimate of drug-likeness (QED) is 0.581. The number of ether oxygens (including phenoxy) is 2. The van der Waals surface area contributed by atoms with Crippen molar-refractivity contribution < 1.29 is 14.4 Å². The van der Waals surface area contributed by atoms with Gasteiger partial charge in [0, 0.05) is 37.3 Å². The zero-order valence-electron chi connectivity index (χ0n) is 16.3. The van der Waals surface area contributed by atoms with Crippen molar-refractivity contribution in [2.45, 2.75) is 63.6 Å². The van der Waals surface area contributed by atoms with Gasteiger partial charge in [0.15, 0.2) is 11.5 Å². The molecule has 5 rings (SSSR count). The molecule has 2 atom stereocenters. The number of nitro groups is 1. The topological polar surface area (TPSA) is 68.1 Å². The molecule has 3 aliphatic heterocycles. The van der Waals surface area contributed by atoms with Crippen molar-refractivity contribution in [3.8, 4) is 11.5 Å². The molecule has 2 saturated heterocycles. The molecule has 0 amide bonds. The number of hydrogen-bond acceptors (Lipinski definition) is 6. The molecule has 7 nitrogen and oxygen atoms in total. The van der Waals surface area contributed by atoms with Crippen LogP contribution in [-0.4, -0.2) is 53.2 Å². The van der Waals surface area contributed by atoms with Crippen molar-refractivity contribution in [3.63, 3.8) is 0 Å². The van der Waals surface area contributed by atoms with Crippen molar-refractivity contribution in [3.05, 3.63) is 27.8 Å². The number of hydrogen-bond donors (Lipinski definition) is 0. The Labute approximate surface area is 165 Å². The van der Waals surface area contributed by atoms with Gasteiger partial charge in [0.1, 0.15) is 0 Å². The van der Waals surface area contributed by atoms with Crippen LogP contribution in [0.25, 0.3) is 0 Å². The lowest BCUT2D eigenvalue weighted by molar-refractivity contribution is -0.385. The van der Waals surface area contributed by atoms with Gasteiger partial charge in [-0.15, -0.1) is 0 Å². The van der Waals surface area contributed by atoms with E-state index in [9.17, 15) is 10.1 Å². The predicted octanol–water partition coefficient (Wildman–Crippen LogP) is 3.55. The zero-order chi connectivity index (χ0) is 19.1. The summed E-state index contributed by atoms with van der Waals surface area (Å²) in [6.45, 7) is 4.04. The van der Waals surface area contributed by atoms with Gasteiger partial charge in [-0.3, -0.25) is 19.9 Å². The number of benzene rings is 1. The number of nitrogens with zero attached hydrogens (tertiary/aromatic N) is 3. The molecule has 0 N–H and O–H groups in total. The Morgan fingerprint density at radius 3 is 2.57 bits per heavy atom. The minimum Gasteiger partial charge on any atom is -0.454 e. The summed E-state index contributed by atoms with van der Waals surface area (Å²) in [4.78, 5) is 16.7. The monoisotopic (exact) mass is 387 g/mol. The van der Waals surface area contributed by atoms with Crippen LogP contribution in [0.2, 0.25) is 0 Å². The summed E-state index contributed by atoms with van der Waals surface area (Å²) < 4.78 is 10.9. The number of nitro benzene ring substituents is 1. The van der Waals surface area contributed by atoms with Gasteiger partial charge in [-0.1, -0.05) is 19.3 Å². The van der Waals surface area contributed by atoms with E-state index in [1.54, 1.807) is 6.07 Å². The Morgan fingerprint density at radius 2 is 1.79 bits per heavy atom. The Morgan fingerprint density at radius 1 is 1.00 bits per heavy atom. The van der Waals surface area contributed by atoms with Gasteiger partial charge >= 0.3 is 0 Å². The summed E-state index contributed by atoms with van der Waals surface area (Å²) in [5.41, 5.74) is 0.905. The third-order valence-corrected chi connectivity index (χ3v) is 7.18. The van der Waals surface area contributed by atoms with Gasteiger partial charge in [-0.25, -0.2) is 0 Å². The highest BCUT2D eigenvalue weighted by atomic mass is 16.7. The fourth-order valence-corrected chi connectivity index (χ4v) is 5.93.